The number of carbonyl (C=O) groups excluding carboxylic acids is 1. The first kappa shape index (κ1) is 13.8. The number of rotatable bonds is 0. The molecule has 2 N–H and O–H groups in total. The summed E-state index contributed by atoms with van der Waals surface area (Å²) in [6, 6.07) is 5.72. The molecule has 0 saturated heterocycles. The largest absolute Gasteiger partial charge is 0.508 e. The number of hydrogen-bond donors (Lipinski definition) is 2. The Morgan fingerprint density at radius 2 is 2.14 bits per heavy atom. The van der Waals surface area contributed by atoms with Gasteiger partial charge in [0.15, 0.2) is 5.78 Å². The number of aryl methyl sites for hydroxylation is 1. The van der Waals surface area contributed by atoms with Crippen LogP contribution in [-0.4, -0.2) is 21.8 Å². The fourth-order valence-corrected chi connectivity index (χ4v) is 5.26. The van der Waals surface area contributed by atoms with Gasteiger partial charge in [-0.1, -0.05) is 18.1 Å². The van der Waals surface area contributed by atoms with Gasteiger partial charge in [0.25, 0.3) is 0 Å². The van der Waals surface area contributed by atoms with Gasteiger partial charge in [-0.15, -0.1) is 0 Å². The molecule has 4 atom stereocenters. The van der Waals surface area contributed by atoms with Crippen molar-refractivity contribution in [3.8, 4) is 5.75 Å². The molecule has 0 radical (unpaired) electrons. The molecule has 4 nitrogen and oxygen atoms in total. The van der Waals surface area contributed by atoms with Gasteiger partial charge in [0.05, 0.1) is 0 Å². The fraction of sp³-hybridized carbons (Fsp3) is 0.556. The molecule has 0 unspecified atom stereocenters. The van der Waals surface area contributed by atoms with Crippen molar-refractivity contribution in [3.05, 3.63) is 29.3 Å². The molecule has 0 aliphatic heterocycles. The quantitative estimate of drug-likeness (QED) is 0.570. The molecule has 1 aromatic carbocycles. The zero-order valence-electron chi connectivity index (χ0n) is 12.7. The van der Waals surface area contributed by atoms with E-state index in [1.807, 2.05) is 6.07 Å². The van der Waals surface area contributed by atoms with Crippen molar-refractivity contribution in [1.82, 2.24) is 0 Å². The number of oxime groups is 1. The first-order chi connectivity index (χ1) is 10.5. The summed E-state index contributed by atoms with van der Waals surface area (Å²) < 4.78 is 0. The number of aromatic hydroxyl groups is 1. The molecule has 0 spiro atoms. The van der Waals surface area contributed by atoms with Crippen LogP contribution < -0.4 is 0 Å². The van der Waals surface area contributed by atoms with Crippen LogP contribution in [-0.2, 0) is 11.2 Å². The van der Waals surface area contributed by atoms with Crippen molar-refractivity contribution in [3.63, 3.8) is 0 Å². The van der Waals surface area contributed by atoms with Crippen LogP contribution in [0, 0.1) is 17.3 Å². The minimum absolute atomic E-state index is 0.0509. The normalized spacial score (nSPS) is 38.5. The van der Waals surface area contributed by atoms with Gasteiger partial charge in [0.2, 0.25) is 0 Å². The van der Waals surface area contributed by atoms with Crippen molar-refractivity contribution < 1.29 is 15.1 Å². The third-order valence-electron chi connectivity index (χ3n) is 6.41. The third-order valence-corrected chi connectivity index (χ3v) is 6.41. The Morgan fingerprint density at radius 3 is 2.91 bits per heavy atom. The first-order valence-electron chi connectivity index (χ1n) is 8.12. The van der Waals surface area contributed by atoms with Crippen molar-refractivity contribution in [2.75, 3.05) is 0 Å². The van der Waals surface area contributed by atoms with E-state index in [9.17, 15) is 9.90 Å². The molecule has 0 bridgehead atoms. The number of hydrogen-bond acceptors (Lipinski definition) is 4. The Balaban J connectivity index is 1.74. The van der Waals surface area contributed by atoms with E-state index >= 15 is 0 Å². The molecule has 0 amide bonds. The highest BCUT2D eigenvalue weighted by molar-refractivity contribution is 6.43. The van der Waals surface area contributed by atoms with Crippen molar-refractivity contribution in [2.24, 2.45) is 22.4 Å². The zero-order valence-corrected chi connectivity index (χ0v) is 12.7. The number of phenols is 1. The Hall–Kier alpha value is -1.84. The Bertz CT molecular complexity index is 681. The lowest BCUT2D eigenvalue weighted by Crippen LogP contribution is -2.42. The molecule has 2 fully saturated rings. The number of Topliss-reactive ketones (excluding diaryl/α,β-unsaturated/α-hetero) is 1. The monoisotopic (exact) mass is 299 g/mol. The molecule has 4 rings (SSSR count). The molecule has 22 heavy (non-hydrogen) atoms. The smallest absolute Gasteiger partial charge is 0.186 e. The van der Waals surface area contributed by atoms with E-state index in [-0.39, 0.29) is 17.1 Å². The predicted molar refractivity (Wildman–Crippen MR) is 82.3 cm³/mol. The van der Waals surface area contributed by atoms with Crippen LogP contribution in [0.1, 0.15) is 49.7 Å². The zero-order chi connectivity index (χ0) is 15.5. The Kier molecular flexibility index (Phi) is 2.87. The molecule has 116 valence electrons. The second-order valence-corrected chi connectivity index (χ2v) is 7.33. The highest BCUT2D eigenvalue weighted by Gasteiger charge is 2.57. The molecule has 3 aliphatic rings. The van der Waals surface area contributed by atoms with Gasteiger partial charge in [-0.2, -0.15) is 0 Å². The average molecular weight is 299 g/mol. The summed E-state index contributed by atoms with van der Waals surface area (Å²) in [6.07, 6.45) is 4.47. The van der Waals surface area contributed by atoms with Gasteiger partial charge in [-0.05, 0) is 66.7 Å². The Morgan fingerprint density at radius 1 is 1.32 bits per heavy atom. The highest BCUT2D eigenvalue weighted by Crippen LogP contribution is 2.59. The lowest BCUT2D eigenvalue weighted by atomic mass is 9.55. The van der Waals surface area contributed by atoms with E-state index in [0.29, 0.717) is 29.7 Å². The van der Waals surface area contributed by atoms with Crippen molar-refractivity contribution in [2.45, 2.75) is 44.9 Å². The van der Waals surface area contributed by atoms with E-state index < -0.39 is 0 Å². The summed E-state index contributed by atoms with van der Waals surface area (Å²) in [7, 11) is 0. The predicted octanol–water partition coefficient (Wildman–Crippen LogP) is 3.26. The number of fused-ring (bicyclic) bond motifs is 5. The summed E-state index contributed by atoms with van der Waals surface area (Å²) >= 11 is 0. The molecule has 3 aliphatic carbocycles. The van der Waals surface area contributed by atoms with Crippen molar-refractivity contribution in [1.29, 1.82) is 0 Å². The molecular formula is C18H21NO3. The van der Waals surface area contributed by atoms with Gasteiger partial charge < -0.3 is 10.3 Å². The maximum atomic E-state index is 12.5. The molecular weight excluding hydrogens is 278 g/mol. The van der Waals surface area contributed by atoms with Crippen LogP contribution >= 0.6 is 0 Å². The number of phenolic OH excluding ortho intramolecular Hbond substituents is 1. The average Bonchev–Trinajstić information content (AvgIpc) is 2.78. The molecule has 0 heterocycles. The van der Waals surface area contributed by atoms with Crippen LogP contribution in [0.15, 0.2) is 23.4 Å². The van der Waals surface area contributed by atoms with Crippen LogP contribution in [0.25, 0.3) is 0 Å². The standard InChI is InChI=1S/C18H21NO3/c1-18-7-6-13-12-5-3-11(20)8-10(12)2-4-14(13)15(18)9-16(19-22)17(18)21/h3,5,8,13-15,20,22H,2,4,6-7,9H2,1H3/b19-16+/t13-,14+,15+,18-/m1/s1. The van der Waals surface area contributed by atoms with E-state index in [2.05, 4.69) is 18.1 Å². The van der Waals surface area contributed by atoms with Gasteiger partial charge >= 0.3 is 0 Å². The molecule has 4 heteroatoms. The van der Waals surface area contributed by atoms with E-state index in [4.69, 9.17) is 5.21 Å². The number of nitrogens with zero attached hydrogens (tertiary/aromatic N) is 1. The minimum Gasteiger partial charge on any atom is -0.508 e. The summed E-state index contributed by atoms with van der Waals surface area (Å²) in [6.45, 7) is 2.06. The van der Waals surface area contributed by atoms with E-state index in [0.717, 1.165) is 25.7 Å². The second-order valence-electron chi connectivity index (χ2n) is 7.33. The topological polar surface area (TPSA) is 69.9 Å². The molecule has 0 aromatic heterocycles. The number of ketones is 1. The van der Waals surface area contributed by atoms with E-state index in [1.165, 1.54) is 11.1 Å². The highest BCUT2D eigenvalue weighted by atomic mass is 16.4. The van der Waals surface area contributed by atoms with E-state index in [1.54, 1.807) is 6.07 Å². The van der Waals surface area contributed by atoms with Gasteiger partial charge in [0.1, 0.15) is 11.5 Å². The van der Waals surface area contributed by atoms with Crippen LogP contribution in [0.2, 0.25) is 0 Å². The summed E-state index contributed by atoms with van der Waals surface area (Å²) in [4.78, 5) is 12.5. The molecule has 1 aromatic rings. The Labute approximate surface area is 129 Å². The van der Waals surface area contributed by atoms with Gasteiger partial charge in [-0.3, -0.25) is 4.79 Å². The maximum absolute atomic E-state index is 12.5. The maximum Gasteiger partial charge on any atom is 0.186 e. The van der Waals surface area contributed by atoms with Crippen LogP contribution in [0.4, 0.5) is 0 Å². The van der Waals surface area contributed by atoms with Crippen LogP contribution in [0.5, 0.6) is 5.75 Å². The third kappa shape index (κ3) is 1.70. The lowest BCUT2D eigenvalue weighted by Gasteiger charge is -2.47. The summed E-state index contributed by atoms with van der Waals surface area (Å²) in [5.41, 5.74) is 2.62. The minimum atomic E-state index is -0.350. The SMILES string of the molecule is C[C@@]12CC[C@@H]3c4ccc(O)cc4CC[C@@H]3[C@@H]1C/C(=N\O)C2=O. The lowest BCUT2D eigenvalue weighted by molar-refractivity contribution is -0.125. The molecule has 2 saturated carbocycles. The fourth-order valence-electron chi connectivity index (χ4n) is 5.26. The number of carbonyl (C=O) groups is 1. The van der Waals surface area contributed by atoms with Crippen molar-refractivity contribution >= 4 is 11.5 Å². The number of benzene rings is 1. The first-order valence-corrected chi connectivity index (χ1v) is 8.12. The van der Waals surface area contributed by atoms with Crippen LogP contribution in [0.3, 0.4) is 0 Å². The second kappa shape index (κ2) is 4.58. The summed E-state index contributed by atoms with van der Waals surface area (Å²) in [5, 5.41) is 22.1. The summed E-state index contributed by atoms with van der Waals surface area (Å²) in [5.74, 6) is 1.61. The van der Waals surface area contributed by atoms with Gasteiger partial charge in [-0.25, -0.2) is 0 Å². The van der Waals surface area contributed by atoms with Gasteiger partial charge in [0, 0.05) is 11.8 Å².